The maximum atomic E-state index is 12.7. The molecule has 6 nitrogen and oxygen atoms in total. The number of carbonyl (C=O) groups excluding carboxylic acids is 1. The monoisotopic (exact) mass is 381 g/mol. The van der Waals surface area contributed by atoms with Crippen LogP contribution in [0.1, 0.15) is 0 Å². The fourth-order valence-electron chi connectivity index (χ4n) is 1.92. The summed E-state index contributed by atoms with van der Waals surface area (Å²) in [7, 11) is -1.49. The van der Waals surface area contributed by atoms with E-state index in [4.69, 9.17) is 16.3 Å². The summed E-state index contributed by atoms with van der Waals surface area (Å²) in [5.41, 5.74) is 0.565. The van der Waals surface area contributed by atoms with Gasteiger partial charge in [0.2, 0.25) is 9.84 Å². The number of anilines is 1. The van der Waals surface area contributed by atoms with E-state index in [1.54, 1.807) is 24.3 Å². The number of halogens is 1. The summed E-state index contributed by atoms with van der Waals surface area (Å²) in [6.45, 7) is 0. The van der Waals surface area contributed by atoms with E-state index in [1.807, 2.05) is 0 Å². The number of nitrogens with one attached hydrogen (secondary N) is 1. The Morgan fingerprint density at radius 1 is 1.04 bits per heavy atom. The molecule has 0 aliphatic heterocycles. The number of sulfone groups is 1. The molecule has 0 bridgehead atoms. The van der Waals surface area contributed by atoms with Crippen LogP contribution in [0, 0.1) is 0 Å². The molecule has 0 unspecified atom stereocenters. The highest BCUT2D eigenvalue weighted by Crippen LogP contribution is 2.23. The summed E-state index contributed by atoms with van der Waals surface area (Å²) >= 11 is 5.80. The van der Waals surface area contributed by atoms with Crippen LogP contribution < -0.4 is 10.1 Å². The van der Waals surface area contributed by atoms with Gasteiger partial charge in [-0.15, -0.1) is 0 Å². The number of carbonyl (C=O) groups is 1. The molecule has 25 heavy (non-hydrogen) atoms. The molecule has 0 aliphatic carbocycles. The van der Waals surface area contributed by atoms with Crippen molar-refractivity contribution in [2.24, 2.45) is 0 Å². The average Bonchev–Trinajstić information content (AvgIpc) is 2.63. The van der Waals surface area contributed by atoms with Gasteiger partial charge in [0, 0.05) is 16.9 Å². The molecule has 0 saturated carbocycles. The van der Waals surface area contributed by atoms with Gasteiger partial charge in [0.15, 0.2) is 4.91 Å². The summed E-state index contributed by atoms with van der Waals surface area (Å²) in [5.74, 6) is -0.473. The minimum atomic E-state index is -4.07. The zero-order chi connectivity index (χ0) is 18.4. The van der Waals surface area contributed by atoms with Crippen LogP contribution in [0.5, 0.6) is 5.75 Å². The van der Waals surface area contributed by atoms with Crippen LogP contribution in [-0.4, -0.2) is 28.6 Å². The van der Waals surface area contributed by atoms with Crippen LogP contribution in [0.15, 0.2) is 64.5 Å². The molecule has 8 heteroatoms. The average molecular weight is 382 g/mol. The van der Waals surface area contributed by atoms with Crippen LogP contribution in [0.4, 0.5) is 5.69 Å². The molecule has 2 rings (SSSR count). The smallest absolute Gasteiger partial charge is 0.351 e. The Morgan fingerprint density at radius 3 is 2.16 bits per heavy atom. The number of rotatable bonds is 6. The van der Waals surface area contributed by atoms with Crippen molar-refractivity contribution in [3.05, 3.63) is 64.7 Å². The number of methoxy groups -OCH3 is 2. The third-order valence-corrected chi connectivity index (χ3v) is 5.27. The minimum Gasteiger partial charge on any atom is -0.497 e. The molecule has 0 spiro atoms. The van der Waals surface area contributed by atoms with E-state index in [2.05, 4.69) is 10.1 Å². The molecule has 0 aliphatic rings. The largest absolute Gasteiger partial charge is 0.497 e. The second-order valence-electron chi connectivity index (χ2n) is 4.83. The Balaban J connectivity index is 2.39. The molecule has 0 saturated heterocycles. The van der Waals surface area contributed by atoms with Gasteiger partial charge >= 0.3 is 5.97 Å². The Hall–Kier alpha value is -2.51. The van der Waals surface area contributed by atoms with E-state index in [1.165, 1.54) is 31.4 Å². The van der Waals surface area contributed by atoms with Crippen molar-refractivity contribution in [1.82, 2.24) is 0 Å². The molecule has 0 aromatic heterocycles. The Bertz CT molecular complexity index is 874. The van der Waals surface area contributed by atoms with Gasteiger partial charge in [-0.1, -0.05) is 11.6 Å². The molecule has 0 atom stereocenters. The Kier molecular flexibility index (Phi) is 6.06. The van der Waals surface area contributed by atoms with E-state index in [-0.39, 0.29) is 4.90 Å². The predicted octanol–water partition coefficient (Wildman–Crippen LogP) is 3.25. The fourth-order valence-corrected chi connectivity index (χ4v) is 3.31. The Morgan fingerprint density at radius 2 is 1.64 bits per heavy atom. The van der Waals surface area contributed by atoms with Crippen molar-refractivity contribution < 1.29 is 22.7 Å². The third kappa shape index (κ3) is 4.52. The van der Waals surface area contributed by atoms with Crippen LogP contribution >= 0.6 is 11.6 Å². The number of benzene rings is 2. The molecule has 0 amide bonds. The fraction of sp³-hybridized carbons (Fsp3) is 0.118. The Labute approximate surface area is 150 Å². The highest BCUT2D eigenvalue weighted by atomic mass is 35.5. The molecule has 2 aromatic carbocycles. The molecule has 2 aromatic rings. The zero-order valence-electron chi connectivity index (χ0n) is 13.5. The lowest BCUT2D eigenvalue weighted by Gasteiger charge is -2.09. The lowest BCUT2D eigenvalue weighted by molar-refractivity contribution is -0.135. The number of hydrogen-bond donors (Lipinski definition) is 1. The second-order valence-corrected chi connectivity index (χ2v) is 7.18. The van der Waals surface area contributed by atoms with Gasteiger partial charge in [-0.25, -0.2) is 13.2 Å². The second kappa shape index (κ2) is 8.04. The lowest BCUT2D eigenvalue weighted by atomic mass is 10.3. The van der Waals surface area contributed by atoms with Crippen LogP contribution in [0.3, 0.4) is 0 Å². The molecule has 0 radical (unpaired) electrons. The summed E-state index contributed by atoms with van der Waals surface area (Å²) in [6.07, 6.45) is 1.09. The van der Waals surface area contributed by atoms with Crippen molar-refractivity contribution in [1.29, 1.82) is 0 Å². The molecule has 0 fully saturated rings. The molecule has 132 valence electrons. The van der Waals surface area contributed by atoms with Crippen molar-refractivity contribution in [2.75, 3.05) is 19.5 Å². The minimum absolute atomic E-state index is 0.0529. The zero-order valence-corrected chi connectivity index (χ0v) is 15.1. The van der Waals surface area contributed by atoms with Crippen LogP contribution in [0.25, 0.3) is 0 Å². The predicted molar refractivity (Wildman–Crippen MR) is 95.4 cm³/mol. The van der Waals surface area contributed by atoms with Gasteiger partial charge in [-0.05, 0) is 48.5 Å². The SMILES string of the molecule is COC(=O)/C(=C/Nc1ccc(Cl)cc1)S(=O)(=O)c1ccc(OC)cc1. The van der Waals surface area contributed by atoms with Crippen LogP contribution in [-0.2, 0) is 19.4 Å². The molecule has 1 N–H and O–H groups in total. The van der Waals surface area contributed by atoms with Gasteiger partial charge in [-0.2, -0.15) is 0 Å². The number of esters is 1. The standard InChI is InChI=1S/C17H16ClNO5S/c1-23-14-7-9-15(10-8-14)25(21,22)16(17(20)24-2)11-19-13-5-3-12(18)4-6-13/h3-11,19H,1-2H3/b16-11-. The normalized spacial score (nSPS) is 11.7. The quantitative estimate of drug-likeness (QED) is 0.611. The highest BCUT2D eigenvalue weighted by molar-refractivity contribution is 7.96. The highest BCUT2D eigenvalue weighted by Gasteiger charge is 2.28. The number of hydrogen-bond acceptors (Lipinski definition) is 6. The van der Waals surface area contributed by atoms with Crippen molar-refractivity contribution in [3.63, 3.8) is 0 Å². The van der Waals surface area contributed by atoms with Gasteiger partial charge in [-0.3, -0.25) is 0 Å². The van der Waals surface area contributed by atoms with Gasteiger partial charge < -0.3 is 14.8 Å². The molecule has 0 heterocycles. The maximum Gasteiger partial charge on any atom is 0.351 e. The topological polar surface area (TPSA) is 81.7 Å². The van der Waals surface area contributed by atoms with E-state index < -0.39 is 20.7 Å². The third-order valence-electron chi connectivity index (χ3n) is 3.26. The van der Waals surface area contributed by atoms with Crippen molar-refractivity contribution >= 4 is 33.1 Å². The van der Waals surface area contributed by atoms with Gasteiger partial charge in [0.05, 0.1) is 19.1 Å². The summed E-state index contributed by atoms with van der Waals surface area (Å²) in [4.78, 5) is 11.4. The first kappa shape index (κ1) is 18.8. The van der Waals surface area contributed by atoms with E-state index in [0.29, 0.717) is 16.5 Å². The summed E-state index contributed by atoms with van der Waals surface area (Å²) < 4.78 is 35.1. The van der Waals surface area contributed by atoms with E-state index in [9.17, 15) is 13.2 Å². The van der Waals surface area contributed by atoms with E-state index in [0.717, 1.165) is 13.3 Å². The molecular weight excluding hydrogens is 366 g/mol. The van der Waals surface area contributed by atoms with Crippen molar-refractivity contribution in [3.8, 4) is 5.75 Å². The lowest BCUT2D eigenvalue weighted by Crippen LogP contribution is -2.17. The number of ether oxygens (including phenoxy) is 2. The van der Waals surface area contributed by atoms with Gasteiger partial charge in [0.25, 0.3) is 0 Å². The summed E-state index contributed by atoms with van der Waals surface area (Å²) in [6, 6.07) is 12.3. The van der Waals surface area contributed by atoms with Crippen LogP contribution in [0.2, 0.25) is 5.02 Å². The first-order chi connectivity index (χ1) is 11.9. The van der Waals surface area contributed by atoms with Crippen molar-refractivity contribution in [2.45, 2.75) is 4.90 Å². The molecular formula is C17H16ClNO5S. The maximum absolute atomic E-state index is 12.7. The summed E-state index contributed by atoms with van der Waals surface area (Å²) in [5, 5.41) is 3.30. The van der Waals surface area contributed by atoms with Gasteiger partial charge in [0.1, 0.15) is 5.75 Å². The van der Waals surface area contributed by atoms with E-state index >= 15 is 0 Å². The first-order valence-corrected chi connectivity index (χ1v) is 8.94. The first-order valence-electron chi connectivity index (χ1n) is 7.08.